The van der Waals surface area contributed by atoms with Crippen molar-refractivity contribution in [1.82, 2.24) is 9.55 Å². The third kappa shape index (κ3) is 3.59. The molecule has 1 heterocycles. The number of imidazole rings is 1. The number of aromatic nitrogens is 2. The molecular weight excluding hydrogens is 344 g/mol. The highest BCUT2D eigenvalue weighted by atomic mass is 35.5. The second-order valence-corrected chi connectivity index (χ2v) is 5.88. The van der Waals surface area contributed by atoms with Crippen molar-refractivity contribution in [3.8, 4) is 22.9 Å². The van der Waals surface area contributed by atoms with Crippen molar-refractivity contribution in [2.75, 3.05) is 0 Å². The van der Waals surface area contributed by atoms with Crippen LogP contribution in [-0.4, -0.2) is 30.8 Å². The SMILES string of the molecule is O=C(O)Cc1c(Cl)nc(-c2ccc(O)c(O)c2)n1Cc1ccccc1. The lowest BCUT2D eigenvalue weighted by molar-refractivity contribution is -0.136. The summed E-state index contributed by atoms with van der Waals surface area (Å²) in [6.07, 6.45) is -0.275. The minimum Gasteiger partial charge on any atom is -0.504 e. The van der Waals surface area contributed by atoms with Crippen LogP contribution in [0.2, 0.25) is 5.15 Å². The summed E-state index contributed by atoms with van der Waals surface area (Å²) in [6.45, 7) is 0.375. The Balaban J connectivity index is 2.13. The summed E-state index contributed by atoms with van der Waals surface area (Å²) in [5, 5.41) is 28.5. The van der Waals surface area contributed by atoms with Crippen LogP contribution in [0.5, 0.6) is 11.5 Å². The zero-order chi connectivity index (χ0) is 18.0. The molecule has 3 N–H and O–H groups in total. The summed E-state index contributed by atoms with van der Waals surface area (Å²) in [6, 6.07) is 13.8. The van der Waals surface area contributed by atoms with Crippen LogP contribution in [0.4, 0.5) is 0 Å². The van der Waals surface area contributed by atoms with Crippen molar-refractivity contribution in [1.29, 1.82) is 0 Å². The predicted molar refractivity (Wildman–Crippen MR) is 92.9 cm³/mol. The number of nitrogens with zero attached hydrogens (tertiary/aromatic N) is 2. The van der Waals surface area contributed by atoms with Gasteiger partial charge in [0.1, 0.15) is 5.82 Å². The third-order valence-electron chi connectivity index (χ3n) is 3.76. The van der Waals surface area contributed by atoms with E-state index in [0.29, 0.717) is 23.6 Å². The Labute approximate surface area is 148 Å². The number of aromatic hydroxyl groups is 2. The first-order valence-corrected chi connectivity index (χ1v) is 7.86. The van der Waals surface area contributed by atoms with E-state index >= 15 is 0 Å². The average Bonchev–Trinajstić information content (AvgIpc) is 2.87. The molecule has 128 valence electrons. The Morgan fingerprint density at radius 2 is 1.80 bits per heavy atom. The molecule has 0 bridgehead atoms. The number of phenols is 2. The number of halogens is 1. The maximum absolute atomic E-state index is 11.2. The van der Waals surface area contributed by atoms with Crippen molar-refractivity contribution in [3.63, 3.8) is 0 Å². The number of aliphatic carboxylic acids is 1. The van der Waals surface area contributed by atoms with Gasteiger partial charge in [0.15, 0.2) is 16.7 Å². The van der Waals surface area contributed by atoms with E-state index in [1.165, 1.54) is 12.1 Å². The Bertz CT molecular complexity index is 922. The highest BCUT2D eigenvalue weighted by Gasteiger charge is 2.20. The van der Waals surface area contributed by atoms with Gasteiger partial charge in [-0.25, -0.2) is 4.98 Å². The lowest BCUT2D eigenvalue weighted by Crippen LogP contribution is -2.10. The molecule has 0 fully saturated rings. The molecule has 7 heteroatoms. The molecule has 2 aromatic carbocycles. The Kier molecular flexibility index (Phi) is 4.63. The number of benzene rings is 2. The van der Waals surface area contributed by atoms with E-state index in [1.807, 2.05) is 30.3 Å². The van der Waals surface area contributed by atoms with Crippen molar-refractivity contribution in [2.24, 2.45) is 0 Å². The number of carboxylic acid groups (broad SMARTS) is 1. The van der Waals surface area contributed by atoms with Gasteiger partial charge in [-0.3, -0.25) is 4.79 Å². The lowest BCUT2D eigenvalue weighted by Gasteiger charge is -2.12. The van der Waals surface area contributed by atoms with Gasteiger partial charge < -0.3 is 19.9 Å². The van der Waals surface area contributed by atoms with E-state index in [1.54, 1.807) is 10.6 Å². The van der Waals surface area contributed by atoms with Crippen molar-refractivity contribution in [3.05, 3.63) is 64.9 Å². The topological polar surface area (TPSA) is 95.6 Å². The van der Waals surface area contributed by atoms with Gasteiger partial charge in [-0.2, -0.15) is 0 Å². The van der Waals surface area contributed by atoms with Crippen molar-refractivity contribution >= 4 is 17.6 Å². The van der Waals surface area contributed by atoms with Crippen molar-refractivity contribution < 1.29 is 20.1 Å². The van der Waals surface area contributed by atoms with Gasteiger partial charge in [-0.05, 0) is 23.8 Å². The molecule has 3 aromatic rings. The molecule has 0 aliphatic carbocycles. The molecule has 0 saturated heterocycles. The average molecular weight is 359 g/mol. The highest BCUT2D eigenvalue weighted by Crippen LogP contribution is 2.32. The van der Waals surface area contributed by atoms with Gasteiger partial charge in [0.25, 0.3) is 0 Å². The molecule has 0 aliphatic heterocycles. The van der Waals surface area contributed by atoms with E-state index in [9.17, 15) is 15.0 Å². The molecule has 0 amide bonds. The van der Waals surface area contributed by atoms with Crippen molar-refractivity contribution in [2.45, 2.75) is 13.0 Å². The van der Waals surface area contributed by atoms with Crippen LogP contribution in [0, 0.1) is 0 Å². The first kappa shape index (κ1) is 16.9. The van der Waals surface area contributed by atoms with Crippen LogP contribution in [0.1, 0.15) is 11.3 Å². The third-order valence-corrected chi connectivity index (χ3v) is 4.06. The monoisotopic (exact) mass is 358 g/mol. The van der Waals surface area contributed by atoms with E-state index < -0.39 is 5.97 Å². The number of rotatable bonds is 5. The summed E-state index contributed by atoms with van der Waals surface area (Å²) < 4.78 is 1.71. The number of hydrogen-bond acceptors (Lipinski definition) is 4. The highest BCUT2D eigenvalue weighted by molar-refractivity contribution is 6.30. The van der Waals surface area contributed by atoms with E-state index in [-0.39, 0.29) is 23.1 Å². The molecule has 6 nitrogen and oxygen atoms in total. The predicted octanol–water partition coefficient (Wildman–Crippen LogP) is 3.29. The van der Waals surface area contributed by atoms with Gasteiger partial charge in [0, 0.05) is 12.1 Å². The molecule has 1 aromatic heterocycles. The second kappa shape index (κ2) is 6.86. The molecule has 0 atom stereocenters. The molecular formula is C18H15ClN2O4. The number of carboxylic acids is 1. The van der Waals surface area contributed by atoms with Gasteiger partial charge in [0.05, 0.1) is 12.1 Å². The summed E-state index contributed by atoms with van der Waals surface area (Å²) in [5.41, 5.74) is 1.85. The Hall–Kier alpha value is -2.99. The molecule has 0 saturated carbocycles. The molecule has 25 heavy (non-hydrogen) atoms. The Morgan fingerprint density at radius 3 is 2.44 bits per heavy atom. The van der Waals surface area contributed by atoms with E-state index in [2.05, 4.69) is 4.98 Å². The zero-order valence-electron chi connectivity index (χ0n) is 13.1. The molecule has 0 aliphatic rings. The fourth-order valence-corrected chi connectivity index (χ4v) is 2.84. The number of phenolic OH excluding ortho intramolecular Hbond substituents is 2. The smallest absolute Gasteiger partial charge is 0.309 e. The van der Waals surface area contributed by atoms with Crippen LogP contribution < -0.4 is 0 Å². The van der Waals surface area contributed by atoms with Gasteiger partial charge in [-0.15, -0.1) is 0 Å². The summed E-state index contributed by atoms with van der Waals surface area (Å²) >= 11 is 6.17. The van der Waals surface area contributed by atoms with Gasteiger partial charge in [-0.1, -0.05) is 41.9 Å². The van der Waals surface area contributed by atoms with Gasteiger partial charge >= 0.3 is 5.97 Å². The fraction of sp³-hybridized carbons (Fsp3) is 0.111. The van der Waals surface area contributed by atoms with Crippen LogP contribution in [0.15, 0.2) is 48.5 Å². The maximum atomic E-state index is 11.2. The minimum atomic E-state index is -1.02. The zero-order valence-corrected chi connectivity index (χ0v) is 13.8. The number of hydrogen-bond donors (Lipinski definition) is 3. The first-order chi connectivity index (χ1) is 12.0. The summed E-state index contributed by atoms with van der Waals surface area (Å²) in [4.78, 5) is 15.5. The van der Waals surface area contributed by atoms with Crippen LogP contribution >= 0.6 is 11.6 Å². The van der Waals surface area contributed by atoms with Crippen LogP contribution in [-0.2, 0) is 17.8 Å². The molecule has 0 radical (unpaired) electrons. The fourth-order valence-electron chi connectivity index (χ4n) is 2.59. The molecule has 0 unspecified atom stereocenters. The second-order valence-electron chi connectivity index (χ2n) is 5.52. The molecule has 0 spiro atoms. The van der Waals surface area contributed by atoms with Crippen LogP contribution in [0.3, 0.4) is 0 Å². The summed E-state index contributed by atoms with van der Waals surface area (Å²) in [5.74, 6) is -1.14. The van der Waals surface area contributed by atoms with E-state index in [0.717, 1.165) is 5.56 Å². The Morgan fingerprint density at radius 1 is 1.08 bits per heavy atom. The molecule has 3 rings (SSSR count). The largest absolute Gasteiger partial charge is 0.504 e. The quantitative estimate of drug-likeness (QED) is 0.608. The minimum absolute atomic E-state index is 0.0981. The normalized spacial score (nSPS) is 10.8. The van der Waals surface area contributed by atoms with E-state index in [4.69, 9.17) is 16.7 Å². The first-order valence-electron chi connectivity index (χ1n) is 7.48. The lowest BCUT2D eigenvalue weighted by atomic mass is 10.1. The number of carbonyl (C=O) groups is 1. The van der Waals surface area contributed by atoms with Crippen LogP contribution in [0.25, 0.3) is 11.4 Å². The van der Waals surface area contributed by atoms with Gasteiger partial charge in [0.2, 0.25) is 0 Å². The standard InChI is InChI=1S/C18H15ClN2O4/c19-17-13(9-16(24)25)21(10-11-4-2-1-3-5-11)18(20-17)12-6-7-14(22)15(23)8-12/h1-8,22-23H,9-10H2,(H,24,25). The maximum Gasteiger partial charge on any atom is 0.309 e. The summed E-state index contributed by atoms with van der Waals surface area (Å²) in [7, 11) is 0.